The molecule has 51 heavy (non-hydrogen) atoms. The summed E-state index contributed by atoms with van der Waals surface area (Å²) in [4.78, 5) is 22.0. The van der Waals surface area contributed by atoms with E-state index in [1.807, 2.05) is 36.4 Å². The normalized spacial score (nSPS) is 12.3. The molecule has 0 radical (unpaired) electrons. The fraction of sp³-hybridized carbons (Fsp3) is 0. The van der Waals surface area contributed by atoms with Crippen molar-refractivity contribution >= 4 is 60.9 Å². The van der Waals surface area contributed by atoms with Crippen molar-refractivity contribution in [1.29, 1.82) is 0 Å². The number of rotatable bonds is 2. The minimum atomic E-state index is 0.633. The van der Waals surface area contributed by atoms with Crippen molar-refractivity contribution in [3.05, 3.63) is 158 Å². The van der Waals surface area contributed by atoms with Crippen LogP contribution in [0.4, 0.5) is 17.2 Å². The van der Waals surface area contributed by atoms with Gasteiger partial charge in [-0.05, 0) is 54.6 Å². The molecule has 1 aliphatic heterocycles. The molecule has 0 unspecified atom stereocenters. The molecule has 0 amide bonds. The molecule has 1 aliphatic rings. The van der Waals surface area contributed by atoms with E-state index in [1.54, 1.807) is 0 Å². The highest BCUT2D eigenvalue weighted by molar-refractivity contribution is 6.15. The summed E-state index contributed by atoms with van der Waals surface area (Å²) in [5, 5.41) is 4.27. The quantitative estimate of drug-likeness (QED) is 0.201. The monoisotopic (exact) mass is 653 g/mol. The molecule has 6 heteroatoms. The lowest BCUT2D eigenvalue weighted by Crippen LogP contribution is -2.12. The Bertz CT molecular complexity index is 2980. The molecule has 4 aromatic heterocycles. The van der Waals surface area contributed by atoms with Crippen molar-refractivity contribution in [2.75, 3.05) is 4.90 Å². The Morgan fingerprint density at radius 1 is 0.451 bits per heavy atom. The maximum Gasteiger partial charge on any atom is 0.162 e. The highest BCUT2D eigenvalue weighted by Gasteiger charge is 2.24. The maximum absolute atomic E-state index is 6.70. The van der Waals surface area contributed by atoms with Crippen LogP contribution in [0.25, 0.3) is 88.9 Å². The average Bonchev–Trinajstić information content (AvgIpc) is 3.77. The number of furan rings is 1. The van der Waals surface area contributed by atoms with Gasteiger partial charge in [0.1, 0.15) is 17.0 Å². The third-order valence-electron chi connectivity index (χ3n) is 9.96. The van der Waals surface area contributed by atoms with Crippen LogP contribution in [0.5, 0.6) is 0 Å². The zero-order valence-electron chi connectivity index (χ0n) is 27.2. The number of hydrogen-bond donors (Lipinski definition) is 1. The van der Waals surface area contributed by atoms with Gasteiger partial charge in [0.15, 0.2) is 5.82 Å². The molecule has 238 valence electrons. The van der Waals surface area contributed by atoms with Crippen LogP contribution in [0.1, 0.15) is 0 Å². The molecule has 6 aromatic carbocycles. The number of H-pyrrole nitrogens is 1. The van der Waals surface area contributed by atoms with E-state index in [0.29, 0.717) is 5.82 Å². The van der Waals surface area contributed by atoms with Crippen molar-refractivity contribution < 1.29 is 4.42 Å². The minimum absolute atomic E-state index is 0.633. The summed E-state index contributed by atoms with van der Waals surface area (Å²) in [6, 6.07) is 54.4. The molecule has 0 fully saturated rings. The van der Waals surface area contributed by atoms with Gasteiger partial charge < -0.3 is 9.40 Å². The summed E-state index contributed by atoms with van der Waals surface area (Å²) in [5.74, 6) is 1.43. The third-order valence-corrected chi connectivity index (χ3v) is 9.96. The van der Waals surface area contributed by atoms with Gasteiger partial charge in [-0.2, -0.15) is 0 Å². The lowest BCUT2D eigenvalue weighted by molar-refractivity contribution is 0.670. The number of hydrogen-bond acceptors (Lipinski definition) is 5. The number of pyridine rings is 1. The smallest absolute Gasteiger partial charge is 0.162 e. The number of anilines is 3. The summed E-state index contributed by atoms with van der Waals surface area (Å²) in [6.45, 7) is 0. The second-order valence-corrected chi connectivity index (χ2v) is 12.9. The molecule has 0 atom stereocenters. The van der Waals surface area contributed by atoms with Crippen LogP contribution in [-0.2, 0) is 0 Å². The zero-order valence-corrected chi connectivity index (χ0v) is 27.2. The molecular formula is C45H27N5O. The molecule has 0 saturated heterocycles. The fourth-order valence-corrected chi connectivity index (χ4v) is 7.63. The Morgan fingerprint density at radius 3 is 1.98 bits per heavy atom. The number of nitrogens with one attached hydrogen (secondary N) is 1. The lowest BCUT2D eigenvalue weighted by Gasteiger charge is -2.25. The van der Waals surface area contributed by atoms with Crippen molar-refractivity contribution in [2.24, 2.45) is 0 Å². The average molecular weight is 654 g/mol. The highest BCUT2D eigenvalue weighted by atomic mass is 16.3. The first-order valence-electron chi connectivity index (χ1n) is 17.0. The predicted molar refractivity (Wildman–Crippen MR) is 206 cm³/mol. The molecular weight excluding hydrogens is 627 g/mol. The van der Waals surface area contributed by atoms with Crippen LogP contribution < -0.4 is 4.90 Å². The van der Waals surface area contributed by atoms with Gasteiger partial charge in [0.2, 0.25) is 0 Å². The SMILES string of the molecule is c1ccc(-c2cc3nc(n2)-c2cccc4c2[nH]c2c(cccc24)-c2cccc(n2)N(c2ccccc2)c2cc-3c3oc4ccccc4c3c2)cc1. The van der Waals surface area contributed by atoms with Crippen LogP contribution >= 0.6 is 0 Å². The van der Waals surface area contributed by atoms with Crippen molar-refractivity contribution in [2.45, 2.75) is 0 Å². The van der Waals surface area contributed by atoms with E-state index in [1.165, 1.54) is 0 Å². The van der Waals surface area contributed by atoms with Gasteiger partial charge in [0.05, 0.1) is 28.1 Å². The molecule has 5 heterocycles. The van der Waals surface area contributed by atoms with Crippen molar-refractivity contribution in [1.82, 2.24) is 19.9 Å². The van der Waals surface area contributed by atoms with Gasteiger partial charge in [0.25, 0.3) is 0 Å². The van der Waals surface area contributed by atoms with Crippen LogP contribution in [0.2, 0.25) is 0 Å². The number of nitrogens with zero attached hydrogens (tertiary/aromatic N) is 4. The zero-order chi connectivity index (χ0) is 33.5. The van der Waals surface area contributed by atoms with Crippen LogP contribution in [0.3, 0.4) is 0 Å². The molecule has 1 N–H and O–H groups in total. The van der Waals surface area contributed by atoms with Crippen LogP contribution in [-0.4, -0.2) is 19.9 Å². The molecule has 6 nitrogen and oxygen atoms in total. The molecule has 0 spiro atoms. The summed E-state index contributed by atoms with van der Waals surface area (Å²) < 4.78 is 6.70. The fourth-order valence-electron chi connectivity index (χ4n) is 7.63. The van der Waals surface area contributed by atoms with Gasteiger partial charge in [0, 0.05) is 55.2 Å². The van der Waals surface area contributed by atoms with Crippen LogP contribution in [0, 0.1) is 0 Å². The van der Waals surface area contributed by atoms with E-state index in [9.17, 15) is 0 Å². The topological polar surface area (TPSA) is 70.8 Å². The summed E-state index contributed by atoms with van der Waals surface area (Å²) in [6.07, 6.45) is 0. The second-order valence-electron chi connectivity index (χ2n) is 12.9. The second kappa shape index (κ2) is 10.7. The van der Waals surface area contributed by atoms with Gasteiger partial charge in [-0.3, -0.25) is 4.90 Å². The number of aromatic amines is 1. The standard InChI is InChI=1S/C45H27N5O/c1-3-12-27(13-4-1)38-26-39-36-25-29(24-35-30-16-7-8-22-40(30)51-44(35)36)50(28-14-5-2-6-15-28)41-23-11-21-37(46-41)33-19-9-17-31-32-18-10-20-34(45(47-38)48-39)43(32)49-42(31)33/h1-26,49H. The number of fused-ring (bicyclic) bond motifs is 14. The number of aromatic nitrogens is 4. The molecule has 11 rings (SSSR count). The largest absolute Gasteiger partial charge is 0.455 e. The van der Waals surface area contributed by atoms with E-state index in [0.717, 1.165) is 100 Å². The van der Waals surface area contributed by atoms with Crippen molar-refractivity contribution in [3.8, 4) is 45.2 Å². The van der Waals surface area contributed by atoms with Crippen LogP contribution in [0.15, 0.2) is 162 Å². The first kappa shape index (κ1) is 27.9. The first-order chi connectivity index (χ1) is 25.3. The molecule has 8 bridgehead atoms. The maximum atomic E-state index is 6.70. The Hall–Kier alpha value is -7.05. The minimum Gasteiger partial charge on any atom is -0.455 e. The van der Waals surface area contributed by atoms with Gasteiger partial charge in [-0.15, -0.1) is 0 Å². The molecule has 0 saturated carbocycles. The molecule has 0 aliphatic carbocycles. The van der Waals surface area contributed by atoms with E-state index >= 15 is 0 Å². The highest BCUT2D eigenvalue weighted by Crippen LogP contribution is 2.45. The van der Waals surface area contributed by atoms with E-state index in [2.05, 4.69) is 131 Å². The summed E-state index contributed by atoms with van der Waals surface area (Å²) >= 11 is 0. The Morgan fingerprint density at radius 2 is 1.14 bits per heavy atom. The number of benzene rings is 6. The summed E-state index contributed by atoms with van der Waals surface area (Å²) in [5.41, 5.74) is 11.8. The van der Waals surface area contributed by atoms with E-state index in [-0.39, 0.29) is 0 Å². The van der Waals surface area contributed by atoms with Crippen molar-refractivity contribution in [3.63, 3.8) is 0 Å². The first-order valence-corrected chi connectivity index (χ1v) is 17.0. The predicted octanol–water partition coefficient (Wildman–Crippen LogP) is 11.9. The van der Waals surface area contributed by atoms with Gasteiger partial charge in [-0.25, -0.2) is 15.0 Å². The van der Waals surface area contributed by atoms with Gasteiger partial charge >= 0.3 is 0 Å². The van der Waals surface area contributed by atoms with Gasteiger partial charge in [-0.1, -0.05) is 103 Å². The third kappa shape index (κ3) is 4.26. The Kier molecular flexibility index (Phi) is 5.86. The molecule has 10 aromatic rings. The Balaban J connectivity index is 1.34. The number of para-hydroxylation sites is 4. The summed E-state index contributed by atoms with van der Waals surface area (Å²) in [7, 11) is 0. The Labute approximate surface area is 292 Å². The van der Waals surface area contributed by atoms with E-state index in [4.69, 9.17) is 19.4 Å². The lowest BCUT2D eigenvalue weighted by atomic mass is 10.0. The van der Waals surface area contributed by atoms with E-state index < -0.39 is 0 Å².